The lowest BCUT2D eigenvalue weighted by molar-refractivity contribution is -0.137. The van der Waals surface area contributed by atoms with Crippen LogP contribution in [0.5, 0.6) is 0 Å². The lowest BCUT2D eigenvalue weighted by Crippen LogP contribution is -2.46. The minimum atomic E-state index is -0.736. The maximum atomic E-state index is 12.4. The number of carbonyl (C=O) groups excluding carboxylic acids is 1. The zero-order chi connectivity index (χ0) is 15.2. The zero-order valence-electron chi connectivity index (χ0n) is 12.5. The number of nitrogens with zero attached hydrogens (tertiary/aromatic N) is 2. The van der Waals surface area contributed by atoms with Gasteiger partial charge in [-0.1, -0.05) is 0 Å². The van der Waals surface area contributed by atoms with Crippen LogP contribution < -0.4 is 0 Å². The van der Waals surface area contributed by atoms with Crippen molar-refractivity contribution < 1.29 is 19.8 Å². The molecule has 0 aromatic carbocycles. The van der Waals surface area contributed by atoms with Gasteiger partial charge >= 0.3 is 12.0 Å². The van der Waals surface area contributed by atoms with Gasteiger partial charge in [-0.05, 0) is 43.9 Å². The van der Waals surface area contributed by atoms with E-state index in [9.17, 15) is 9.59 Å². The molecule has 0 aliphatic carbocycles. The number of aliphatic carboxylic acids is 1. The Hall–Kier alpha value is -1.30. The molecule has 2 saturated heterocycles. The second-order valence-corrected chi connectivity index (χ2v) is 6.26. The summed E-state index contributed by atoms with van der Waals surface area (Å²) >= 11 is 0. The molecular weight excluding hydrogens is 272 g/mol. The third-order valence-electron chi connectivity index (χ3n) is 4.75. The Bertz CT molecular complexity index is 367. The van der Waals surface area contributed by atoms with Crippen molar-refractivity contribution in [3.63, 3.8) is 0 Å². The number of likely N-dealkylation sites (tertiary alicyclic amines) is 2. The molecule has 2 N–H and O–H groups in total. The fraction of sp³-hybridized carbons (Fsp3) is 0.867. The third kappa shape index (κ3) is 4.59. The summed E-state index contributed by atoms with van der Waals surface area (Å²) in [5, 5.41) is 17.7. The van der Waals surface area contributed by atoms with Crippen LogP contribution in [0.2, 0.25) is 0 Å². The van der Waals surface area contributed by atoms with Gasteiger partial charge in [-0.15, -0.1) is 0 Å². The van der Waals surface area contributed by atoms with E-state index in [1.807, 2.05) is 9.80 Å². The lowest BCUT2D eigenvalue weighted by Gasteiger charge is -2.34. The van der Waals surface area contributed by atoms with Crippen molar-refractivity contribution in [1.82, 2.24) is 9.80 Å². The predicted molar refractivity (Wildman–Crippen MR) is 77.9 cm³/mol. The Kier molecular flexibility index (Phi) is 5.85. The summed E-state index contributed by atoms with van der Waals surface area (Å²) in [6.07, 6.45) is 4.54. The molecule has 0 saturated carbocycles. The molecule has 0 radical (unpaired) electrons. The van der Waals surface area contributed by atoms with Crippen molar-refractivity contribution in [2.45, 2.75) is 38.5 Å². The number of piperidine rings is 1. The largest absolute Gasteiger partial charge is 0.481 e. The number of carboxylic acids is 1. The van der Waals surface area contributed by atoms with Gasteiger partial charge in [-0.3, -0.25) is 4.79 Å². The van der Waals surface area contributed by atoms with E-state index in [1.165, 1.54) is 0 Å². The van der Waals surface area contributed by atoms with Gasteiger partial charge in [0, 0.05) is 39.2 Å². The van der Waals surface area contributed by atoms with Crippen LogP contribution in [0, 0.1) is 11.8 Å². The number of aliphatic hydroxyl groups is 1. The van der Waals surface area contributed by atoms with Crippen LogP contribution in [0.25, 0.3) is 0 Å². The third-order valence-corrected chi connectivity index (χ3v) is 4.75. The fourth-order valence-electron chi connectivity index (χ4n) is 3.37. The molecule has 2 aliphatic rings. The van der Waals surface area contributed by atoms with Crippen molar-refractivity contribution in [3.05, 3.63) is 0 Å². The fourth-order valence-corrected chi connectivity index (χ4v) is 3.37. The summed E-state index contributed by atoms with van der Waals surface area (Å²) in [7, 11) is 0. The van der Waals surface area contributed by atoms with Crippen molar-refractivity contribution >= 4 is 12.0 Å². The molecule has 2 rings (SSSR count). The maximum Gasteiger partial charge on any atom is 0.320 e. The molecule has 6 nitrogen and oxygen atoms in total. The second-order valence-electron chi connectivity index (χ2n) is 6.26. The van der Waals surface area contributed by atoms with Gasteiger partial charge in [0.1, 0.15) is 0 Å². The summed E-state index contributed by atoms with van der Waals surface area (Å²) in [5.74, 6) is 0.137. The summed E-state index contributed by atoms with van der Waals surface area (Å²) in [6.45, 7) is 3.23. The van der Waals surface area contributed by atoms with Gasteiger partial charge in [0.05, 0.1) is 0 Å². The van der Waals surface area contributed by atoms with Crippen LogP contribution in [0.15, 0.2) is 0 Å². The Morgan fingerprint density at radius 1 is 0.952 bits per heavy atom. The Morgan fingerprint density at radius 2 is 1.57 bits per heavy atom. The Balaban J connectivity index is 1.72. The van der Waals surface area contributed by atoms with E-state index >= 15 is 0 Å². The molecule has 0 aromatic heterocycles. The molecule has 2 amide bonds. The molecule has 21 heavy (non-hydrogen) atoms. The van der Waals surface area contributed by atoms with Crippen LogP contribution in [0.3, 0.4) is 0 Å². The second kappa shape index (κ2) is 7.64. The first kappa shape index (κ1) is 16.1. The van der Waals surface area contributed by atoms with Crippen LogP contribution in [-0.2, 0) is 4.79 Å². The van der Waals surface area contributed by atoms with Crippen LogP contribution in [0.4, 0.5) is 4.79 Å². The normalized spacial score (nSPS) is 23.6. The van der Waals surface area contributed by atoms with E-state index in [0.717, 1.165) is 58.3 Å². The summed E-state index contributed by atoms with van der Waals surface area (Å²) < 4.78 is 0. The monoisotopic (exact) mass is 298 g/mol. The quantitative estimate of drug-likeness (QED) is 0.803. The van der Waals surface area contributed by atoms with Crippen molar-refractivity contribution in [2.24, 2.45) is 11.8 Å². The van der Waals surface area contributed by atoms with E-state index in [1.54, 1.807) is 0 Å². The molecule has 0 bridgehead atoms. The van der Waals surface area contributed by atoms with Gasteiger partial charge in [0.15, 0.2) is 0 Å². The van der Waals surface area contributed by atoms with Crippen LogP contribution in [0.1, 0.15) is 38.5 Å². The number of carboxylic acid groups (broad SMARTS) is 1. The smallest absolute Gasteiger partial charge is 0.320 e. The highest BCUT2D eigenvalue weighted by molar-refractivity contribution is 5.74. The first-order valence-electron chi connectivity index (χ1n) is 7.96. The standard InChI is InChI=1S/C15H26N2O4/c18-10-6-13-5-9-17(11-13)15(21)16-7-3-12(4-8-16)1-2-14(19)20/h12-13,18H,1-11H2,(H,19,20). The van der Waals surface area contributed by atoms with Crippen molar-refractivity contribution in [2.75, 3.05) is 32.8 Å². The summed E-state index contributed by atoms with van der Waals surface area (Å²) in [4.78, 5) is 26.8. The topological polar surface area (TPSA) is 81.1 Å². The highest BCUT2D eigenvalue weighted by Crippen LogP contribution is 2.25. The number of hydrogen-bond acceptors (Lipinski definition) is 3. The number of hydrogen-bond donors (Lipinski definition) is 2. The van der Waals surface area contributed by atoms with Gasteiger partial charge < -0.3 is 20.0 Å². The Morgan fingerprint density at radius 3 is 2.19 bits per heavy atom. The average Bonchev–Trinajstić information content (AvgIpc) is 2.94. The molecule has 120 valence electrons. The van der Waals surface area contributed by atoms with Crippen LogP contribution >= 0.6 is 0 Å². The molecule has 1 unspecified atom stereocenters. The molecule has 2 fully saturated rings. The van der Waals surface area contributed by atoms with Crippen LogP contribution in [-0.4, -0.2) is 64.8 Å². The lowest BCUT2D eigenvalue weighted by atomic mass is 9.92. The minimum absolute atomic E-state index is 0.118. The highest BCUT2D eigenvalue weighted by Gasteiger charge is 2.31. The molecule has 1 atom stereocenters. The van der Waals surface area contributed by atoms with E-state index in [2.05, 4.69) is 0 Å². The average molecular weight is 298 g/mol. The van der Waals surface area contributed by atoms with E-state index < -0.39 is 5.97 Å². The zero-order valence-corrected chi connectivity index (χ0v) is 12.5. The Labute approximate surface area is 125 Å². The molecular formula is C15H26N2O4. The molecule has 6 heteroatoms. The van der Waals surface area contributed by atoms with Gasteiger partial charge in [-0.2, -0.15) is 0 Å². The number of carbonyl (C=O) groups is 2. The minimum Gasteiger partial charge on any atom is -0.481 e. The molecule has 0 spiro atoms. The molecule has 2 aliphatic heterocycles. The number of aliphatic hydroxyl groups excluding tert-OH is 1. The van der Waals surface area contributed by atoms with E-state index in [0.29, 0.717) is 11.8 Å². The van der Waals surface area contributed by atoms with Gasteiger partial charge in [0.25, 0.3) is 0 Å². The number of urea groups is 1. The first-order chi connectivity index (χ1) is 10.1. The van der Waals surface area contributed by atoms with E-state index in [-0.39, 0.29) is 19.1 Å². The predicted octanol–water partition coefficient (Wildman–Crippen LogP) is 1.39. The number of amides is 2. The van der Waals surface area contributed by atoms with Gasteiger partial charge in [0.2, 0.25) is 0 Å². The molecule has 2 heterocycles. The number of rotatable bonds is 5. The van der Waals surface area contributed by atoms with E-state index in [4.69, 9.17) is 10.2 Å². The van der Waals surface area contributed by atoms with Crippen molar-refractivity contribution in [3.8, 4) is 0 Å². The van der Waals surface area contributed by atoms with Crippen molar-refractivity contribution in [1.29, 1.82) is 0 Å². The summed E-state index contributed by atoms with van der Waals surface area (Å²) in [5.41, 5.74) is 0. The van der Waals surface area contributed by atoms with Gasteiger partial charge in [-0.25, -0.2) is 4.79 Å². The maximum absolute atomic E-state index is 12.4. The first-order valence-corrected chi connectivity index (χ1v) is 7.96. The summed E-state index contributed by atoms with van der Waals surface area (Å²) in [6, 6.07) is 0.118. The molecule has 0 aromatic rings. The highest BCUT2D eigenvalue weighted by atomic mass is 16.4. The SMILES string of the molecule is O=C(O)CCC1CCN(C(=O)N2CCC(CCO)C2)CC1.